The molecule has 0 amide bonds. The monoisotopic (exact) mass is 159 g/mol. The zero-order valence-corrected chi connectivity index (χ0v) is 7.95. The molecule has 2 heteroatoms. The molecule has 2 heterocycles. The summed E-state index contributed by atoms with van der Waals surface area (Å²) in [6, 6.07) is 0.935. The predicted molar refractivity (Wildman–Crippen MR) is 48.6 cm³/mol. The molecule has 0 aromatic rings. The Morgan fingerprint density at radius 3 is 2.30 bits per heavy atom. The summed E-state index contributed by atoms with van der Waals surface area (Å²) in [5.41, 5.74) is 0. The lowest BCUT2D eigenvalue weighted by Crippen LogP contribution is -2.29. The third kappa shape index (κ3) is 1.48. The Bertz CT molecular complexity index is 103. The predicted octanol–water partition coefficient (Wildman–Crippen LogP) is 1.83. The maximum Gasteiger partial charge on any atom is 0.0194 e. The molecule has 2 bridgehead atoms. The number of likely N-dealkylation sites (tertiary alicyclic amines) is 1. The van der Waals surface area contributed by atoms with Crippen LogP contribution in [0.5, 0.6) is 0 Å². The highest BCUT2D eigenvalue weighted by atomic mass is 32.2. The van der Waals surface area contributed by atoms with Crippen LogP contribution in [-0.2, 0) is 0 Å². The number of rotatable bonds is 0. The number of fused-ring (bicyclic) bond motifs is 2. The van der Waals surface area contributed by atoms with Gasteiger partial charge < -0.3 is 4.90 Å². The van der Waals surface area contributed by atoms with Gasteiger partial charge in [0.05, 0.1) is 0 Å². The van der Waals surface area contributed by atoms with Crippen LogP contribution in [0.1, 0.15) is 20.3 Å². The Kier molecular flexibility index (Phi) is 3.05. The first-order chi connectivity index (χ1) is 4.86. The van der Waals surface area contributed by atoms with Crippen molar-refractivity contribution in [3.63, 3.8) is 0 Å². The quantitative estimate of drug-likeness (QED) is 0.530. The Labute approximate surface area is 68.2 Å². The molecule has 0 radical (unpaired) electrons. The van der Waals surface area contributed by atoms with Crippen molar-refractivity contribution in [2.24, 2.45) is 0 Å². The van der Waals surface area contributed by atoms with Gasteiger partial charge in [-0.25, -0.2) is 0 Å². The van der Waals surface area contributed by atoms with Crippen molar-refractivity contribution in [1.29, 1.82) is 0 Å². The highest BCUT2D eigenvalue weighted by molar-refractivity contribution is 8.00. The molecular formula is C8H17NS. The second-order valence-corrected chi connectivity index (χ2v) is 4.12. The average Bonchev–Trinajstić information content (AvgIpc) is 2.52. The maximum absolute atomic E-state index is 2.49. The van der Waals surface area contributed by atoms with E-state index in [0.29, 0.717) is 0 Å². The first-order valence-electron chi connectivity index (χ1n) is 4.18. The molecule has 0 aliphatic carbocycles. The summed E-state index contributed by atoms with van der Waals surface area (Å²) >= 11 is 2.15. The smallest absolute Gasteiger partial charge is 0.0194 e. The standard InChI is InChI=1S/C6H11NS.C2H6/c1-7-3-6-2-5(7)4-8-6;1-2/h5-6H,2-4H2,1H3;1-2H3. The summed E-state index contributed by atoms with van der Waals surface area (Å²) in [6.45, 7) is 5.34. The zero-order chi connectivity index (χ0) is 7.56. The van der Waals surface area contributed by atoms with Crippen LogP contribution < -0.4 is 0 Å². The molecule has 10 heavy (non-hydrogen) atoms. The minimum absolute atomic E-state index is 0.935. The molecule has 1 nitrogen and oxygen atoms in total. The summed E-state index contributed by atoms with van der Waals surface area (Å²) in [7, 11) is 2.24. The van der Waals surface area contributed by atoms with Crippen molar-refractivity contribution >= 4 is 11.8 Å². The van der Waals surface area contributed by atoms with Crippen LogP contribution in [0.2, 0.25) is 0 Å². The van der Waals surface area contributed by atoms with Crippen molar-refractivity contribution in [2.75, 3.05) is 19.3 Å². The molecule has 2 aliphatic rings. The van der Waals surface area contributed by atoms with Crippen molar-refractivity contribution in [3.8, 4) is 0 Å². The Morgan fingerprint density at radius 1 is 1.40 bits per heavy atom. The van der Waals surface area contributed by atoms with Crippen molar-refractivity contribution in [1.82, 2.24) is 4.90 Å². The molecule has 2 atom stereocenters. The van der Waals surface area contributed by atoms with E-state index < -0.39 is 0 Å². The van der Waals surface area contributed by atoms with Gasteiger partial charge in [-0.15, -0.1) is 0 Å². The maximum atomic E-state index is 2.49. The van der Waals surface area contributed by atoms with E-state index in [1.54, 1.807) is 0 Å². The van der Waals surface area contributed by atoms with Gasteiger partial charge in [-0.05, 0) is 13.5 Å². The van der Waals surface area contributed by atoms with Gasteiger partial charge >= 0.3 is 0 Å². The van der Waals surface area contributed by atoms with Gasteiger partial charge in [0.1, 0.15) is 0 Å². The molecule has 2 saturated heterocycles. The third-order valence-electron chi connectivity index (χ3n) is 2.17. The van der Waals surface area contributed by atoms with Crippen LogP contribution in [0.25, 0.3) is 0 Å². The van der Waals surface area contributed by atoms with Crippen molar-refractivity contribution in [3.05, 3.63) is 0 Å². The Balaban J connectivity index is 0.000000231. The molecule has 0 spiro atoms. The normalized spacial score (nSPS) is 37.5. The second kappa shape index (κ2) is 3.63. The van der Waals surface area contributed by atoms with Crippen molar-refractivity contribution < 1.29 is 0 Å². The lowest BCUT2D eigenvalue weighted by Gasteiger charge is -2.20. The molecule has 60 valence electrons. The molecule has 0 saturated carbocycles. The molecule has 2 aliphatic heterocycles. The number of hydrogen-bond donors (Lipinski definition) is 0. The fourth-order valence-electron chi connectivity index (χ4n) is 1.59. The summed E-state index contributed by atoms with van der Waals surface area (Å²) in [5, 5.41) is 0.991. The van der Waals surface area contributed by atoms with E-state index in [2.05, 4.69) is 23.7 Å². The zero-order valence-electron chi connectivity index (χ0n) is 7.13. The van der Waals surface area contributed by atoms with Gasteiger partial charge in [0.25, 0.3) is 0 Å². The topological polar surface area (TPSA) is 3.24 Å². The van der Waals surface area contributed by atoms with E-state index in [4.69, 9.17) is 0 Å². The van der Waals surface area contributed by atoms with Gasteiger partial charge in [-0.1, -0.05) is 13.8 Å². The van der Waals surface area contributed by atoms with E-state index in [1.807, 2.05) is 13.8 Å². The average molecular weight is 159 g/mol. The number of hydrogen-bond acceptors (Lipinski definition) is 2. The van der Waals surface area contributed by atoms with Crippen LogP contribution in [0.3, 0.4) is 0 Å². The Morgan fingerprint density at radius 2 is 2.10 bits per heavy atom. The first-order valence-corrected chi connectivity index (χ1v) is 5.23. The van der Waals surface area contributed by atoms with Crippen LogP contribution in [0.4, 0.5) is 0 Å². The molecule has 0 aromatic heterocycles. The molecule has 0 aromatic carbocycles. The van der Waals surface area contributed by atoms with E-state index >= 15 is 0 Å². The minimum Gasteiger partial charge on any atom is -0.301 e. The van der Waals surface area contributed by atoms with Crippen LogP contribution in [-0.4, -0.2) is 35.5 Å². The summed E-state index contributed by atoms with van der Waals surface area (Å²) < 4.78 is 0. The van der Waals surface area contributed by atoms with Gasteiger partial charge in [-0.3, -0.25) is 0 Å². The van der Waals surface area contributed by atoms with E-state index in [1.165, 1.54) is 18.7 Å². The molecule has 0 N–H and O–H groups in total. The number of nitrogens with zero attached hydrogens (tertiary/aromatic N) is 1. The molecular weight excluding hydrogens is 142 g/mol. The summed E-state index contributed by atoms with van der Waals surface area (Å²) in [6.07, 6.45) is 1.46. The van der Waals surface area contributed by atoms with Gasteiger partial charge in [0.2, 0.25) is 0 Å². The highest BCUT2D eigenvalue weighted by Gasteiger charge is 2.35. The van der Waals surface area contributed by atoms with Crippen LogP contribution >= 0.6 is 11.8 Å². The third-order valence-corrected chi connectivity index (χ3v) is 3.56. The largest absolute Gasteiger partial charge is 0.301 e. The Hall–Kier alpha value is 0.310. The lowest BCUT2D eigenvalue weighted by molar-refractivity contribution is 0.332. The van der Waals surface area contributed by atoms with E-state index in [0.717, 1.165) is 11.3 Å². The lowest BCUT2D eigenvalue weighted by atomic mass is 10.2. The number of thioether (sulfide) groups is 1. The SMILES string of the molecule is CC.CN1CC2CC1CS2. The van der Waals surface area contributed by atoms with Gasteiger partial charge in [0, 0.05) is 23.6 Å². The summed E-state index contributed by atoms with van der Waals surface area (Å²) in [4.78, 5) is 2.49. The fourth-order valence-corrected chi connectivity index (χ4v) is 3.18. The van der Waals surface area contributed by atoms with Gasteiger partial charge in [0.15, 0.2) is 0 Å². The van der Waals surface area contributed by atoms with E-state index in [9.17, 15) is 0 Å². The summed E-state index contributed by atoms with van der Waals surface area (Å²) in [5.74, 6) is 1.39. The van der Waals surface area contributed by atoms with Gasteiger partial charge in [-0.2, -0.15) is 11.8 Å². The fraction of sp³-hybridized carbons (Fsp3) is 1.00. The highest BCUT2D eigenvalue weighted by Crippen LogP contribution is 2.35. The first kappa shape index (κ1) is 8.41. The van der Waals surface area contributed by atoms with E-state index in [-0.39, 0.29) is 0 Å². The minimum atomic E-state index is 0.935. The van der Waals surface area contributed by atoms with Crippen LogP contribution in [0, 0.1) is 0 Å². The molecule has 2 unspecified atom stereocenters. The molecule has 2 rings (SSSR count). The van der Waals surface area contributed by atoms with Crippen LogP contribution in [0.15, 0.2) is 0 Å². The molecule has 2 fully saturated rings. The van der Waals surface area contributed by atoms with Crippen molar-refractivity contribution in [2.45, 2.75) is 31.6 Å². The second-order valence-electron chi connectivity index (χ2n) is 2.78.